The van der Waals surface area contributed by atoms with Crippen LogP contribution in [0.5, 0.6) is 0 Å². The smallest absolute Gasteiger partial charge is 0.394 e. The van der Waals surface area contributed by atoms with Crippen LogP contribution >= 0.6 is 46.9 Å². The monoisotopic (exact) mass is 2050 g/mol. The largest absolute Gasteiger partial charge is 0.472 e. The van der Waals surface area contributed by atoms with Crippen molar-refractivity contribution in [3.63, 3.8) is 0 Å². The second-order valence-corrected chi connectivity index (χ2v) is 41.3. The molecule has 9 aromatic heterocycles. The zero-order valence-electron chi connectivity index (χ0n) is 73.0. The van der Waals surface area contributed by atoms with Gasteiger partial charge in [-0.3, -0.25) is 111 Å². The Balaban J connectivity index is 0.493. The number of fused-ring (bicyclic) bond motifs is 3. The number of aliphatic hydroxyl groups is 2. The van der Waals surface area contributed by atoms with Gasteiger partial charge in [0.05, 0.1) is 77.9 Å². The highest BCUT2D eigenvalue weighted by molar-refractivity contribution is 7.48. The molecule has 0 aliphatic carbocycles. The molecule has 0 aromatic carbocycles. The average Bonchev–Trinajstić information content (AvgIpc) is 1.63. The molecule has 0 amide bonds. The third-order valence-electron chi connectivity index (χ3n) is 23.1. The summed E-state index contributed by atoms with van der Waals surface area (Å²) in [7, 11) is -31.1. The Morgan fingerprint density at radius 2 is 0.591 bits per heavy atom. The molecule has 9 aromatic rings. The summed E-state index contributed by atoms with van der Waals surface area (Å²) in [5, 5.41) is 21.1. The van der Waals surface area contributed by atoms with Crippen LogP contribution in [0, 0.1) is 20.8 Å². The SMILES string of the molecule is Cc1cn([C@H]2C[C@H](OP(=O)(O)OC[C@H]3O[C@@H](n4cc(C)c(=O)[nH]c4=O)C[C@@H]3OP(=O)(O)OC[C@H]3O[C@@H](n4cc(C)c(=O)[nH]c4=O)C[C@@H]3OP(=O)(O)OCCCCCCCCCCCCOP(=O)(O)OC[C@H]3O[C@@H](n4cnc5c(N)ncnc54)C[C@@H]3OP(=O)(O)OC[C@H]3O[C@@H](n4cnc5c(N)ncnc54)C[C@@H]3OP(=O)(O)OC[C@H]3O[C@@H](n4cnc5c(N)ncnc54)C[C@@H]3O)[C@@H](CO)O2)c(=O)[nH]c1=O. The summed E-state index contributed by atoms with van der Waals surface area (Å²) in [6.45, 7) is -1.40. The van der Waals surface area contributed by atoms with Crippen molar-refractivity contribution in [2.24, 2.45) is 0 Å². The van der Waals surface area contributed by atoms with Gasteiger partial charge in [0.25, 0.3) is 16.7 Å². The number of imidazole rings is 3. The number of unbranched alkanes of at least 4 members (excludes halogenated alkanes) is 9. The molecule has 65 heteroatoms. The van der Waals surface area contributed by atoms with Crippen LogP contribution in [-0.2, 0) is 110 Å². The molecule has 0 radical (unpaired) electrons. The number of nitrogen functional groups attached to an aromatic ring is 3. The van der Waals surface area contributed by atoms with Crippen molar-refractivity contribution in [3.8, 4) is 0 Å². The molecule has 17 N–H and O–H groups in total. The minimum absolute atomic E-state index is 0.0127. The first kappa shape index (κ1) is 103. The Bertz CT molecular complexity index is 6500. The fourth-order valence-electron chi connectivity index (χ4n) is 16.2. The number of nitrogens with two attached hydrogens (primary N) is 3. The van der Waals surface area contributed by atoms with Gasteiger partial charge >= 0.3 is 64.0 Å². The van der Waals surface area contributed by atoms with Gasteiger partial charge in [-0.15, -0.1) is 0 Å². The van der Waals surface area contributed by atoms with Crippen LogP contribution in [0.4, 0.5) is 17.5 Å². The standard InChI is InChI=1S/C72H101N21O38P6/c1-37-22-88(70(99)85-67(37)96)53-17-41(46(25-94)121-53)127-135(108,109)118-29-50-43(19-55(124-50)90-24-39(3)69(98)87-72(90)101)129-136(110,111)119-28-49-42(18-54(123-49)89-23-38(2)68(97)86-71(89)100)128-133(104,105)115-15-13-11-9-7-5-4-6-8-10-12-14-114-132(102,103)116-27-48-44(20-56(125-48)92-35-83-59-62(74)77-32-80-65(59)92)131-137(112,113)120-30-51-45(21-57(126-51)93-36-84-60-63(75)78-33-81-66(60)93)130-134(106,107)117-26-47-40(95)16-52(122-47)91-34-82-58-61(73)76-31-79-64(58)91/h22-24,31-36,40-57,94-95H,4-21,25-30H2,1-3H3,(H,102,103)(H,104,105)(H,106,107)(H,108,109)(H,110,111)(H,112,113)(H2,73,76,79)(H2,74,77,80)(H2,75,78,81)(H,85,96,99)(H,86,97,100)(H,87,98,101)/t40-,41-,42-,43-,44-,45-,46+,47+,48+,49+,50+,51+,52+,53+,54+,55+,56+,57+/m0/s1. The molecule has 6 aliphatic heterocycles. The summed E-state index contributed by atoms with van der Waals surface area (Å²) in [5.74, 6) is 0.139. The lowest BCUT2D eigenvalue weighted by molar-refractivity contribution is -0.0619. The van der Waals surface area contributed by atoms with Gasteiger partial charge in [-0.25, -0.2) is 86.6 Å². The number of aromatic amines is 3. The van der Waals surface area contributed by atoms with E-state index < -0.39 is 244 Å². The number of rotatable bonds is 47. The maximum absolute atomic E-state index is 14.2. The predicted molar refractivity (Wildman–Crippen MR) is 463 cm³/mol. The first-order valence-electron chi connectivity index (χ1n) is 42.9. The van der Waals surface area contributed by atoms with Crippen molar-refractivity contribution in [1.29, 1.82) is 0 Å². The van der Waals surface area contributed by atoms with E-state index in [4.69, 9.17) is 99.9 Å². The molecule has 6 fully saturated rings. The molecule has 24 atom stereocenters. The molecule has 59 nitrogen and oxygen atoms in total. The lowest BCUT2D eigenvalue weighted by Crippen LogP contribution is -2.33. The quantitative estimate of drug-likeness (QED) is 0.0192. The van der Waals surface area contributed by atoms with E-state index >= 15 is 0 Å². The van der Waals surface area contributed by atoms with Gasteiger partial charge in [-0.1, -0.05) is 51.4 Å². The molecule has 6 aliphatic rings. The number of nitrogens with zero attached hydrogens (tertiary/aromatic N) is 15. The van der Waals surface area contributed by atoms with Crippen LogP contribution in [0.25, 0.3) is 33.5 Å². The molecule has 0 saturated carbocycles. The molecular weight excluding hydrogens is 1950 g/mol. The van der Waals surface area contributed by atoms with Gasteiger partial charge in [-0.2, -0.15) is 0 Å². The van der Waals surface area contributed by atoms with Crippen molar-refractivity contribution < 1.29 is 150 Å². The molecule has 6 unspecified atom stereocenters. The zero-order chi connectivity index (χ0) is 97.8. The maximum Gasteiger partial charge on any atom is 0.472 e. The third kappa shape index (κ3) is 25.5. The number of hydrogen-bond donors (Lipinski definition) is 14. The van der Waals surface area contributed by atoms with E-state index in [9.17, 15) is 95.7 Å². The minimum Gasteiger partial charge on any atom is -0.394 e. The van der Waals surface area contributed by atoms with E-state index in [0.29, 0.717) is 37.8 Å². The number of aromatic nitrogens is 18. The number of nitrogens with one attached hydrogen (secondary N) is 3. The van der Waals surface area contributed by atoms with E-state index in [1.807, 2.05) is 0 Å². The number of phosphoric ester groups is 6. The Labute approximate surface area is 771 Å². The van der Waals surface area contributed by atoms with Crippen LogP contribution in [0.15, 0.2) is 85.3 Å². The first-order chi connectivity index (χ1) is 65.0. The lowest BCUT2D eigenvalue weighted by atomic mass is 10.1. The number of H-pyrrole nitrogens is 3. The van der Waals surface area contributed by atoms with E-state index in [2.05, 4.69) is 59.8 Å². The number of ether oxygens (including phenoxy) is 6. The molecule has 137 heavy (non-hydrogen) atoms. The Kier molecular flexibility index (Phi) is 32.6. The minimum atomic E-state index is -5.44. The molecule has 15 heterocycles. The molecule has 6 saturated heterocycles. The molecule has 15 rings (SSSR count). The number of anilines is 3. The van der Waals surface area contributed by atoms with Crippen LogP contribution in [0.1, 0.15) is 157 Å². The Morgan fingerprint density at radius 1 is 0.343 bits per heavy atom. The summed E-state index contributed by atoms with van der Waals surface area (Å²) in [5.41, 5.74) is 14.6. The van der Waals surface area contributed by atoms with Crippen molar-refractivity contribution in [2.45, 2.75) is 234 Å². The summed E-state index contributed by atoms with van der Waals surface area (Å²) < 4.78 is 192. The predicted octanol–water partition coefficient (Wildman–Crippen LogP) is 2.45. The first-order valence-corrected chi connectivity index (χ1v) is 51.9. The molecule has 0 spiro atoms. The molecule has 752 valence electrons. The Hall–Kier alpha value is -8.57. The zero-order valence-corrected chi connectivity index (χ0v) is 78.4. The van der Waals surface area contributed by atoms with Gasteiger partial charge in [0.2, 0.25) is 0 Å². The van der Waals surface area contributed by atoms with Crippen molar-refractivity contribution in [3.05, 3.63) is 136 Å². The second-order valence-electron chi connectivity index (χ2n) is 32.8. The van der Waals surface area contributed by atoms with Crippen molar-refractivity contribution in [1.82, 2.24) is 87.2 Å². The van der Waals surface area contributed by atoms with Crippen LogP contribution in [0.3, 0.4) is 0 Å². The molecular formula is C72H101N21O38P6. The number of hydrogen-bond acceptors (Lipinski definition) is 44. The van der Waals surface area contributed by atoms with Crippen LogP contribution in [0.2, 0.25) is 0 Å². The fourth-order valence-corrected chi connectivity index (χ4v) is 21.8. The number of aryl methyl sites for hydroxylation is 3. The second kappa shape index (κ2) is 43.5. The van der Waals surface area contributed by atoms with Crippen LogP contribution < -0.4 is 50.9 Å². The van der Waals surface area contributed by atoms with Gasteiger partial charge in [0.1, 0.15) is 140 Å². The van der Waals surface area contributed by atoms with E-state index in [1.54, 1.807) is 0 Å². The van der Waals surface area contributed by atoms with E-state index in [-0.39, 0.29) is 107 Å². The third-order valence-corrected chi connectivity index (χ3v) is 29.2. The highest BCUT2D eigenvalue weighted by Gasteiger charge is 2.52. The van der Waals surface area contributed by atoms with Gasteiger partial charge in [0, 0.05) is 73.8 Å². The fraction of sp³-hybridized carbons (Fsp3) is 0.625. The topological polar surface area (TPSA) is 804 Å². The lowest BCUT2D eigenvalue weighted by Gasteiger charge is -2.25. The van der Waals surface area contributed by atoms with Gasteiger partial charge in [-0.05, 0) is 33.6 Å². The van der Waals surface area contributed by atoms with Crippen molar-refractivity contribution in [2.75, 3.05) is 70.1 Å². The highest BCUT2D eigenvalue weighted by Crippen LogP contribution is 2.57. The summed E-state index contributed by atoms with van der Waals surface area (Å²) in [6.07, 6.45) is -8.93. The summed E-state index contributed by atoms with van der Waals surface area (Å²) in [6, 6.07) is 0. The van der Waals surface area contributed by atoms with Crippen molar-refractivity contribution >= 4 is 97.9 Å². The van der Waals surface area contributed by atoms with Gasteiger partial charge < -0.3 is 85.2 Å². The molecule has 0 bridgehead atoms. The maximum atomic E-state index is 14.2. The number of aliphatic hydroxyl groups excluding tert-OH is 2. The van der Waals surface area contributed by atoms with Gasteiger partial charge in [0.15, 0.2) is 34.4 Å². The highest BCUT2D eigenvalue weighted by atomic mass is 31.2. The number of phosphoric acid groups is 6. The van der Waals surface area contributed by atoms with E-state index in [0.717, 1.165) is 51.8 Å². The average molecular weight is 2050 g/mol. The van der Waals surface area contributed by atoms with Crippen LogP contribution in [-0.4, -0.2) is 253 Å². The normalized spacial score (nSPS) is 28.0. The van der Waals surface area contributed by atoms with E-state index in [1.165, 1.54) is 78.6 Å². The summed E-state index contributed by atoms with van der Waals surface area (Å²) in [4.78, 5) is 186. The summed E-state index contributed by atoms with van der Waals surface area (Å²) >= 11 is 0. The Morgan fingerprint density at radius 3 is 0.905 bits per heavy atom.